The van der Waals surface area contributed by atoms with E-state index in [2.05, 4.69) is 36.2 Å². The van der Waals surface area contributed by atoms with Crippen LogP contribution in [-0.2, 0) is 0 Å². The Morgan fingerprint density at radius 2 is 2.12 bits per heavy atom. The third kappa shape index (κ3) is 0.299. The molecule has 44 valence electrons. The molecule has 0 N–H and O–H groups in total. The molecule has 0 aromatic rings. The normalized spacial score (nSPS) is 40.8. The summed E-state index contributed by atoms with van der Waals surface area (Å²) in [6, 6.07) is 0.769. The van der Waals surface area contributed by atoms with Crippen molar-refractivity contribution in [2.75, 3.05) is 7.05 Å². The van der Waals surface area contributed by atoms with E-state index in [1.54, 1.807) is 0 Å². The van der Waals surface area contributed by atoms with Gasteiger partial charge < -0.3 is 9.80 Å². The first-order chi connectivity index (χ1) is 3.80. The van der Waals surface area contributed by atoms with Gasteiger partial charge in [-0.25, -0.2) is 0 Å². The number of nitrogens with zero attached hydrogens (tertiary/aromatic N) is 2. The Hall–Kier alpha value is -0.660. The molecule has 1 saturated heterocycles. The lowest BCUT2D eigenvalue weighted by Crippen LogP contribution is -2.13. The minimum atomic E-state index is 0.704. The molecule has 0 aromatic heterocycles. The van der Waals surface area contributed by atoms with Crippen LogP contribution in [0.3, 0.4) is 0 Å². The van der Waals surface area contributed by atoms with Gasteiger partial charge >= 0.3 is 0 Å². The topological polar surface area (TPSA) is 6.25 Å². The lowest BCUT2D eigenvalue weighted by Gasteiger charge is -2.05. The van der Waals surface area contributed by atoms with Crippen molar-refractivity contribution in [3.8, 4) is 0 Å². The highest BCUT2D eigenvalue weighted by molar-refractivity contribution is 5.12. The van der Waals surface area contributed by atoms with Crippen LogP contribution < -0.4 is 0 Å². The average Bonchev–Trinajstić information content (AvgIpc) is 2.13. The highest BCUT2D eigenvalue weighted by Gasteiger charge is 2.46. The predicted molar refractivity (Wildman–Crippen MR) is 32.0 cm³/mol. The van der Waals surface area contributed by atoms with Crippen LogP contribution in [0.4, 0.5) is 0 Å². The fourth-order valence-electron chi connectivity index (χ4n) is 1.40. The summed E-state index contributed by atoms with van der Waals surface area (Å²) in [5.41, 5.74) is 0. The lowest BCUT2D eigenvalue weighted by molar-refractivity contribution is 0.423. The first-order valence-corrected chi connectivity index (χ1v) is 2.98. The summed E-state index contributed by atoms with van der Waals surface area (Å²) in [7, 11) is 2.12. The molecule has 1 fully saturated rings. The van der Waals surface area contributed by atoms with E-state index in [9.17, 15) is 0 Å². The van der Waals surface area contributed by atoms with Crippen molar-refractivity contribution in [2.24, 2.45) is 0 Å². The maximum Gasteiger partial charge on any atom is 0.121 e. The van der Waals surface area contributed by atoms with Gasteiger partial charge in [0, 0.05) is 19.4 Å². The van der Waals surface area contributed by atoms with Crippen LogP contribution in [0.15, 0.2) is 12.4 Å². The van der Waals surface area contributed by atoms with Crippen LogP contribution in [0.1, 0.15) is 6.92 Å². The monoisotopic (exact) mass is 110 g/mol. The molecule has 0 bridgehead atoms. The molecular weight excluding hydrogens is 100 g/mol. The molecule has 2 aliphatic rings. The lowest BCUT2D eigenvalue weighted by atomic mass is 10.4. The van der Waals surface area contributed by atoms with Crippen LogP contribution in [0.5, 0.6) is 0 Å². The molecule has 0 spiro atoms. The molecule has 2 heterocycles. The summed E-state index contributed by atoms with van der Waals surface area (Å²) in [5, 5.41) is 0. The molecule has 0 aromatic carbocycles. The standard InChI is InChI=1S/C6H10N2/c1-5-6-7(2)3-4-8(5)6/h3-6H,1-2H3. The van der Waals surface area contributed by atoms with E-state index in [0.29, 0.717) is 6.17 Å². The maximum atomic E-state index is 2.33. The second-order valence-electron chi connectivity index (χ2n) is 2.57. The minimum absolute atomic E-state index is 0.704. The Balaban J connectivity index is 2.18. The number of hydrogen-bond acceptors (Lipinski definition) is 2. The molecule has 0 saturated carbocycles. The highest BCUT2D eigenvalue weighted by Crippen LogP contribution is 2.34. The Kier molecular flexibility index (Phi) is 0.539. The second-order valence-corrected chi connectivity index (χ2v) is 2.57. The van der Waals surface area contributed by atoms with Crippen LogP contribution in [0.2, 0.25) is 0 Å². The molecule has 0 aliphatic carbocycles. The highest BCUT2D eigenvalue weighted by atomic mass is 15.5. The van der Waals surface area contributed by atoms with E-state index in [4.69, 9.17) is 0 Å². The van der Waals surface area contributed by atoms with Gasteiger partial charge in [-0.1, -0.05) is 0 Å². The van der Waals surface area contributed by atoms with Gasteiger partial charge in [0.25, 0.3) is 0 Å². The zero-order valence-electron chi connectivity index (χ0n) is 5.20. The van der Waals surface area contributed by atoms with Crippen LogP contribution in [0, 0.1) is 0 Å². The van der Waals surface area contributed by atoms with Gasteiger partial charge in [-0.05, 0) is 6.92 Å². The summed E-state index contributed by atoms with van der Waals surface area (Å²) in [6.45, 7) is 2.24. The zero-order chi connectivity index (χ0) is 5.72. The van der Waals surface area contributed by atoms with Crippen molar-refractivity contribution in [2.45, 2.75) is 19.1 Å². The van der Waals surface area contributed by atoms with Gasteiger partial charge in [0.2, 0.25) is 0 Å². The maximum absolute atomic E-state index is 2.33. The largest absolute Gasteiger partial charge is 0.357 e. The molecule has 0 amide bonds. The van der Waals surface area contributed by atoms with Gasteiger partial charge in [-0.3, -0.25) is 0 Å². The van der Waals surface area contributed by atoms with E-state index in [1.807, 2.05) is 0 Å². The summed E-state index contributed by atoms with van der Waals surface area (Å²) >= 11 is 0. The predicted octanol–water partition coefficient (Wildman–Crippen LogP) is 0.433. The zero-order valence-corrected chi connectivity index (χ0v) is 5.20. The third-order valence-electron chi connectivity index (χ3n) is 2.01. The van der Waals surface area contributed by atoms with Gasteiger partial charge in [0.05, 0.1) is 6.04 Å². The SMILES string of the molecule is CC1C2N(C)C=CN12. The molecule has 8 heavy (non-hydrogen) atoms. The molecule has 2 atom stereocenters. The number of rotatable bonds is 0. The molecule has 2 heteroatoms. The summed E-state index contributed by atoms with van der Waals surface area (Å²) in [5.74, 6) is 0. The number of likely N-dealkylation sites (N-methyl/N-ethyl adjacent to an activating group) is 1. The van der Waals surface area contributed by atoms with Gasteiger partial charge in [0.1, 0.15) is 6.17 Å². The molecular formula is C6H10N2. The van der Waals surface area contributed by atoms with Gasteiger partial charge in [-0.2, -0.15) is 0 Å². The van der Waals surface area contributed by atoms with Crippen molar-refractivity contribution >= 4 is 0 Å². The smallest absolute Gasteiger partial charge is 0.121 e. The fourth-order valence-corrected chi connectivity index (χ4v) is 1.40. The molecule has 0 radical (unpaired) electrons. The fraction of sp³-hybridized carbons (Fsp3) is 0.667. The first kappa shape index (κ1) is 4.24. The van der Waals surface area contributed by atoms with Crippen molar-refractivity contribution in [3.63, 3.8) is 0 Å². The van der Waals surface area contributed by atoms with E-state index in [1.165, 1.54) is 0 Å². The molecule has 2 unspecified atom stereocenters. The van der Waals surface area contributed by atoms with Gasteiger partial charge in [-0.15, -0.1) is 0 Å². The van der Waals surface area contributed by atoms with Gasteiger partial charge in [0.15, 0.2) is 0 Å². The van der Waals surface area contributed by atoms with Crippen LogP contribution in [0.25, 0.3) is 0 Å². The van der Waals surface area contributed by atoms with Crippen molar-refractivity contribution in [1.82, 2.24) is 9.80 Å². The van der Waals surface area contributed by atoms with E-state index in [-0.39, 0.29) is 0 Å². The molecule has 2 nitrogen and oxygen atoms in total. The average molecular weight is 110 g/mol. The van der Waals surface area contributed by atoms with E-state index < -0.39 is 0 Å². The van der Waals surface area contributed by atoms with E-state index >= 15 is 0 Å². The molecule has 2 rings (SSSR count). The van der Waals surface area contributed by atoms with Crippen molar-refractivity contribution in [1.29, 1.82) is 0 Å². The van der Waals surface area contributed by atoms with Crippen molar-refractivity contribution in [3.05, 3.63) is 12.4 Å². The van der Waals surface area contributed by atoms with E-state index in [0.717, 1.165) is 6.04 Å². The second kappa shape index (κ2) is 1.02. The Labute approximate surface area is 49.4 Å². The Bertz CT molecular complexity index is 139. The minimum Gasteiger partial charge on any atom is -0.357 e. The Morgan fingerprint density at radius 3 is 2.38 bits per heavy atom. The quantitative estimate of drug-likeness (QED) is 0.417. The Morgan fingerprint density at radius 1 is 1.38 bits per heavy atom. The first-order valence-electron chi connectivity index (χ1n) is 2.98. The third-order valence-corrected chi connectivity index (χ3v) is 2.01. The number of hydrogen-bond donors (Lipinski definition) is 0. The summed E-state index contributed by atoms with van der Waals surface area (Å²) in [4.78, 5) is 4.57. The summed E-state index contributed by atoms with van der Waals surface area (Å²) < 4.78 is 0. The summed E-state index contributed by atoms with van der Waals surface area (Å²) in [6.07, 6.45) is 4.97. The van der Waals surface area contributed by atoms with Crippen LogP contribution >= 0.6 is 0 Å². The molecule has 2 aliphatic heterocycles. The van der Waals surface area contributed by atoms with Crippen LogP contribution in [-0.4, -0.2) is 29.1 Å². The van der Waals surface area contributed by atoms with Crippen molar-refractivity contribution < 1.29 is 0 Å². The number of fused-ring (bicyclic) bond motifs is 1.